The summed E-state index contributed by atoms with van der Waals surface area (Å²) < 4.78 is 39.1. The fourth-order valence-electron chi connectivity index (χ4n) is 2.65. The predicted octanol–water partition coefficient (Wildman–Crippen LogP) is 2.81. The van der Waals surface area contributed by atoms with Gasteiger partial charge in [-0.2, -0.15) is 13.2 Å². The number of anilines is 1. The van der Waals surface area contributed by atoms with Gasteiger partial charge in [-0.05, 0) is 29.8 Å². The number of fused-ring (bicyclic) bond motifs is 1. The van der Waals surface area contributed by atoms with Crippen molar-refractivity contribution in [2.75, 3.05) is 18.4 Å². The Kier molecular flexibility index (Phi) is 5.31. The molecule has 0 aliphatic heterocycles. The summed E-state index contributed by atoms with van der Waals surface area (Å²) in [6.45, 7) is 0.418. The van der Waals surface area contributed by atoms with Gasteiger partial charge in [-0.3, -0.25) is 4.79 Å². The fourth-order valence-corrected chi connectivity index (χ4v) is 2.65. The van der Waals surface area contributed by atoms with E-state index in [1.807, 2.05) is 12.1 Å². The van der Waals surface area contributed by atoms with Gasteiger partial charge in [0.25, 0.3) is 0 Å². The molecule has 3 rings (SSSR count). The summed E-state index contributed by atoms with van der Waals surface area (Å²) in [6, 6.07) is 10.8. The molecule has 0 radical (unpaired) electrons. The van der Waals surface area contributed by atoms with Gasteiger partial charge in [0, 0.05) is 13.1 Å². The maximum Gasteiger partial charge on any atom is 0.416 e. The van der Waals surface area contributed by atoms with Crippen molar-refractivity contribution in [2.24, 2.45) is 5.73 Å². The minimum atomic E-state index is -4.51. The Bertz CT molecular complexity index is 905. The minimum Gasteiger partial charge on any atom is -0.353 e. The zero-order valence-electron chi connectivity index (χ0n) is 14.2. The molecule has 2 aromatic carbocycles. The third kappa shape index (κ3) is 4.37. The molecule has 0 fully saturated rings. The molecule has 0 bridgehead atoms. The molecular formula is C18H18F3N5O. The Morgan fingerprint density at radius 2 is 1.96 bits per heavy atom. The van der Waals surface area contributed by atoms with Crippen LogP contribution in [0.1, 0.15) is 17.2 Å². The molecule has 1 aromatic heterocycles. The van der Waals surface area contributed by atoms with Crippen LogP contribution in [0, 0.1) is 0 Å². The second-order valence-corrected chi connectivity index (χ2v) is 5.88. The number of benzene rings is 2. The van der Waals surface area contributed by atoms with Gasteiger partial charge in [0.05, 0.1) is 16.6 Å². The number of para-hydroxylation sites is 2. The molecule has 27 heavy (non-hydrogen) atoms. The highest BCUT2D eigenvalue weighted by Crippen LogP contribution is 2.31. The lowest BCUT2D eigenvalue weighted by Crippen LogP contribution is -2.36. The largest absolute Gasteiger partial charge is 0.416 e. The van der Waals surface area contributed by atoms with Gasteiger partial charge in [-0.25, -0.2) is 4.98 Å². The van der Waals surface area contributed by atoms with Gasteiger partial charge in [-0.15, -0.1) is 0 Å². The minimum absolute atomic E-state index is 0.166. The van der Waals surface area contributed by atoms with E-state index in [4.69, 9.17) is 5.73 Å². The number of H-pyrrole nitrogens is 1. The monoisotopic (exact) mass is 377 g/mol. The average Bonchev–Trinajstić information content (AvgIpc) is 3.06. The molecule has 5 N–H and O–H groups in total. The van der Waals surface area contributed by atoms with Crippen molar-refractivity contribution < 1.29 is 18.0 Å². The van der Waals surface area contributed by atoms with Crippen LogP contribution < -0.4 is 16.4 Å². The van der Waals surface area contributed by atoms with Crippen molar-refractivity contribution in [1.82, 2.24) is 15.3 Å². The summed E-state index contributed by atoms with van der Waals surface area (Å²) in [5.74, 6) is -0.221. The van der Waals surface area contributed by atoms with Crippen molar-refractivity contribution in [2.45, 2.75) is 12.2 Å². The van der Waals surface area contributed by atoms with Gasteiger partial charge in [-0.1, -0.05) is 24.3 Å². The first-order valence-electron chi connectivity index (χ1n) is 8.24. The lowest BCUT2D eigenvalue weighted by molar-refractivity contribution is -0.137. The highest BCUT2D eigenvalue weighted by Gasteiger charge is 2.32. The molecule has 1 atom stereocenters. The summed E-state index contributed by atoms with van der Waals surface area (Å²) in [7, 11) is 0. The number of hydrogen-bond donors (Lipinski definition) is 4. The van der Waals surface area contributed by atoms with Crippen LogP contribution in [-0.4, -0.2) is 29.0 Å². The highest BCUT2D eigenvalue weighted by atomic mass is 19.4. The number of aromatic amines is 1. The second kappa shape index (κ2) is 7.67. The Morgan fingerprint density at radius 3 is 2.67 bits per heavy atom. The van der Waals surface area contributed by atoms with Gasteiger partial charge < -0.3 is 21.4 Å². The molecule has 6 nitrogen and oxygen atoms in total. The summed E-state index contributed by atoms with van der Waals surface area (Å²) in [6.07, 6.45) is -4.51. The topological polar surface area (TPSA) is 95.8 Å². The van der Waals surface area contributed by atoms with Gasteiger partial charge in [0.2, 0.25) is 11.9 Å². The molecule has 1 unspecified atom stereocenters. The number of nitrogens with one attached hydrogen (secondary N) is 3. The van der Waals surface area contributed by atoms with E-state index in [0.29, 0.717) is 5.52 Å². The molecule has 3 aromatic rings. The Morgan fingerprint density at radius 1 is 1.19 bits per heavy atom. The van der Waals surface area contributed by atoms with Crippen LogP contribution in [0.4, 0.5) is 19.1 Å². The first kappa shape index (κ1) is 18.7. The van der Waals surface area contributed by atoms with E-state index in [9.17, 15) is 18.0 Å². The number of carbonyl (C=O) groups is 1. The molecule has 142 valence electrons. The standard InChI is InChI=1S/C18H18F3N5O/c19-18(20,21)12-5-3-4-11(10-12)15(16(27)23-9-8-22)26-17-24-13-6-1-2-7-14(13)25-17/h1-7,10,15H,8-9,22H2,(H,23,27)(H2,24,25,26). The Balaban J connectivity index is 1.94. The number of nitrogens with two attached hydrogens (primary N) is 1. The molecular weight excluding hydrogens is 359 g/mol. The molecule has 0 spiro atoms. The van der Waals surface area contributed by atoms with Crippen molar-refractivity contribution in [3.63, 3.8) is 0 Å². The molecule has 0 aliphatic rings. The van der Waals surface area contributed by atoms with Crippen LogP contribution in [0.15, 0.2) is 48.5 Å². The Labute approximate surface area is 153 Å². The molecule has 1 heterocycles. The van der Waals surface area contributed by atoms with Crippen molar-refractivity contribution in [3.8, 4) is 0 Å². The number of amides is 1. The lowest BCUT2D eigenvalue weighted by Gasteiger charge is -2.19. The number of alkyl halides is 3. The maximum atomic E-state index is 13.0. The smallest absolute Gasteiger partial charge is 0.353 e. The number of rotatable bonds is 6. The average molecular weight is 377 g/mol. The lowest BCUT2D eigenvalue weighted by atomic mass is 10.0. The van der Waals surface area contributed by atoms with Gasteiger partial charge >= 0.3 is 6.18 Å². The summed E-state index contributed by atoms with van der Waals surface area (Å²) >= 11 is 0. The van der Waals surface area contributed by atoms with Crippen LogP contribution >= 0.6 is 0 Å². The number of carbonyl (C=O) groups excluding carboxylic acids is 1. The van der Waals surface area contributed by atoms with Crippen molar-refractivity contribution in [3.05, 3.63) is 59.7 Å². The van der Waals surface area contributed by atoms with Crippen LogP contribution in [0.2, 0.25) is 0 Å². The number of hydrogen-bond acceptors (Lipinski definition) is 4. The first-order valence-corrected chi connectivity index (χ1v) is 8.24. The second-order valence-electron chi connectivity index (χ2n) is 5.88. The zero-order chi connectivity index (χ0) is 19.4. The molecule has 9 heteroatoms. The third-order valence-corrected chi connectivity index (χ3v) is 3.92. The summed E-state index contributed by atoms with van der Waals surface area (Å²) in [4.78, 5) is 19.9. The number of imidazole rings is 1. The summed E-state index contributed by atoms with van der Waals surface area (Å²) in [5.41, 5.74) is 6.15. The normalized spacial score (nSPS) is 12.7. The van der Waals surface area contributed by atoms with E-state index in [-0.39, 0.29) is 24.6 Å². The number of halogens is 3. The van der Waals surface area contributed by atoms with Gasteiger partial charge in [0.15, 0.2) is 0 Å². The highest BCUT2D eigenvalue weighted by molar-refractivity contribution is 5.86. The van der Waals surface area contributed by atoms with Crippen LogP contribution in [0.5, 0.6) is 0 Å². The van der Waals surface area contributed by atoms with E-state index < -0.39 is 23.7 Å². The van der Waals surface area contributed by atoms with E-state index >= 15 is 0 Å². The SMILES string of the molecule is NCCNC(=O)C(Nc1nc2ccccc2[nH]1)c1cccc(C(F)(F)F)c1. The molecule has 0 aliphatic carbocycles. The number of nitrogens with zero attached hydrogens (tertiary/aromatic N) is 1. The van der Waals surface area contributed by atoms with Crippen molar-refractivity contribution >= 4 is 22.9 Å². The van der Waals surface area contributed by atoms with Crippen molar-refractivity contribution in [1.29, 1.82) is 0 Å². The fraction of sp³-hybridized carbons (Fsp3) is 0.222. The predicted molar refractivity (Wildman–Crippen MR) is 96.0 cm³/mol. The quantitative estimate of drug-likeness (QED) is 0.531. The maximum absolute atomic E-state index is 13.0. The Hall–Kier alpha value is -3.07. The molecule has 0 saturated heterocycles. The van der Waals surface area contributed by atoms with Crippen LogP contribution in [0.25, 0.3) is 11.0 Å². The third-order valence-electron chi connectivity index (χ3n) is 3.92. The van der Waals surface area contributed by atoms with Crippen LogP contribution in [-0.2, 0) is 11.0 Å². The number of aromatic nitrogens is 2. The molecule has 1 amide bonds. The first-order chi connectivity index (χ1) is 12.9. The molecule has 0 saturated carbocycles. The van der Waals surface area contributed by atoms with E-state index in [0.717, 1.165) is 17.6 Å². The van der Waals surface area contributed by atoms with E-state index in [1.165, 1.54) is 12.1 Å². The van der Waals surface area contributed by atoms with E-state index in [1.54, 1.807) is 12.1 Å². The summed E-state index contributed by atoms with van der Waals surface area (Å²) in [5, 5.41) is 5.48. The van der Waals surface area contributed by atoms with E-state index in [2.05, 4.69) is 20.6 Å². The van der Waals surface area contributed by atoms with Gasteiger partial charge in [0.1, 0.15) is 6.04 Å². The zero-order valence-corrected chi connectivity index (χ0v) is 14.2. The van der Waals surface area contributed by atoms with Crippen LogP contribution in [0.3, 0.4) is 0 Å².